The normalized spacial score (nSPS) is 12.1. The lowest BCUT2D eigenvalue weighted by molar-refractivity contribution is -0.121. The zero-order chi connectivity index (χ0) is 31.5. The lowest BCUT2D eigenvalue weighted by Crippen LogP contribution is -2.40. The number of nitrogen functional groups attached to an aromatic ring is 1. The standard InChI is InChI=1S/C25H27N7O9S2/c26-24(27)14-5-6-19-20(10-14)30-25(29-19)18-8-13(9-22(35)28-15(11-33)12-34)7-17(23(18)43(40,41)32-37)16-3-1-2-4-21(16)42(38,39)31-36/h1-8,10,15,31-34,36-37H,9,11-12H2,(H3,26,27)(H,28,35)(H,29,30). The Morgan fingerprint density at radius 3 is 2.21 bits per heavy atom. The lowest BCUT2D eigenvalue weighted by atomic mass is 9.97. The molecule has 0 unspecified atom stereocenters. The molecule has 0 fully saturated rings. The summed E-state index contributed by atoms with van der Waals surface area (Å²) in [6.07, 6.45) is -0.425. The highest BCUT2D eigenvalue weighted by Crippen LogP contribution is 2.39. The number of rotatable bonds is 12. The molecule has 0 spiro atoms. The van der Waals surface area contributed by atoms with Crippen LogP contribution >= 0.6 is 0 Å². The molecule has 0 radical (unpaired) electrons. The number of benzene rings is 3. The summed E-state index contributed by atoms with van der Waals surface area (Å²) in [5.74, 6) is -0.986. The molecule has 0 aliphatic carbocycles. The summed E-state index contributed by atoms with van der Waals surface area (Å²) in [6, 6.07) is 11.2. The Hall–Kier alpha value is -4.27. The fourth-order valence-electron chi connectivity index (χ4n) is 4.39. The van der Waals surface area contributed by atoms with Gasteiger partial charge in [0.05, 0.1) is 41.6 Å². The first-order valence-corrected chi connectivity index (χ1v) is 15.3. The van der Waals surface area contributed by atoms with Crippen molar-refractivity contribution in [3.05, 3.63) is 65.7 Å². The summed E-state index contributed by atoms with van der Waals surface area (Å²) in [7, 11) is -9.39. The van der Waals surface area contributed by atoms with E-state index in [0.29, 0.717) is 11.1 Å². The second kappa shape index (κ2) is 12.5. The first kappa shape index (κ1) is 31.7. The maximum Gasteiger partial charge on any atom is 0.263 e. The number of hydrogen-bond donors (Lipinski definition) is 10. The highest BCUT2D eigenvalue weighted by Gasteiger charge is 2.30. The van der Waals surface area contributed by atoms with Gasteiger partial charge in [0.1, 0.15) is 16.6 Å². The van der Waals surface area contributed by atoms with Crippen molar-refractivity contribution < 1.29 is 42.3 Å². The number of nitrogens with zero attached hydrogens (tertiary/aromatic N) is 1. The van der Waals surface area contributed by atoms with E-state index in [2.05, 4.69) is 15.3 Å². The Kier molecular flexibility index (Phi) is 9.23. The average molecular weight is 634 g/mol. The van der Waals surface area contributed by atoms with Gasteiger partial charge in [0.15, 0.2) is 0 Å². The molecule has 11 N–H and O–H groups in total. The van der Waals surface area contributed by atoms with Crippen molar-refractivity contribution in [1.29, 1.82) is 5.41 Å². The van der Waals surface area contributed by atoms with Crippen molar-refractivity contribution in [2.45, 2.75) is 22.3 Å². The SMILES string of the molecule is N=C(N)c1ccc2[nH]c(-c3cc(CC(=O)NC(CO)CO)cc(-c4ccccc4S(=O)(=O)NO)c3S(=O)(=O)NO)nc2c1. The number of fused-ring (bicyclic) bond motifs is 1. The molecule has 0 aliphatic heterocycles. The van der Waals surface area contributed by atoms with E-state index in [1.54, 1.807) is 6.07 Å². The molecule has 1 aromatic heterocycles. The number of aliphatic hydroxyl groups is 2. The van der Waals surface area contributed by atoms with Crippen LogP contribution < -0.4 is 20.8 Å². The van der Waals surface area contributed by atoms with Gasteiger partial charge in [-0.15, -0.1) is 0 Å². The molecular weight excluding hydrogens is 606 g/mol. The van der Waals surface area contributed by atoms with E-state index < -0.39 is 61.4 Å². The number of imidazole rings is 1. The Labute approximate surface area is 244 Å². The third kappa shape index (κ3) is 6.55. The predicted octanol–water partition coefficient (Wildman–Crippen LogP) is -0.472. The van der Waals surface area contributed by atoms with Gasteiger partial charge in [-0.05, 0) is 42.0 Å². The predicted molar refractivity (Wildman–Crippen MR) is 152 cm³/mol. The van der Waals surface area contributed by atoms with E-state index in [-0.39, 0.29) is 39.4 Å². The van der Waals surface area contributed by atoms with Gasteiger partial charge in [0.2, 0.25) is 5.91 Å². The van der Waals surface area contributed by atoms with E-state index in [0.717, 1.165) is 6.07 Å². The van der Waals surface area contributed by atoms with Crippen molar-refractivity contribution in [2.24, 2.45) is 5.73 Å². The summed E-state index contributed by atoms with van der Waals surface area (Å²) < 4.78 is 52.1. The average Bonchev–Trinajstić information content (AvgIpc) is 3.43. The summed E-state index contributed by atoms with van der Waals surface area (Å²) >= 11 is 0. The monoisotopic (exact) mass is 633 g/mol. The van der Waals surface area contributed by atoms with E-state index in [1.165, 1.54) is 52.2 Å². The molecule has 18 heteroatoms. The van der Waals surface area contributed by atoms with Crippen LogP contribution in [-0.2, 0) is 31.3 Å². The highest BCUT2D eigenvalue weighted by molar-refractivity contribution is 7.90. The van der Waals surface area contributed by atoms with Crippen LogP contribution in [0.1, 0.15) is 11.1 Å². The van der Waals surface area contributed by atoms with E-state index in [9.17, 15) is 42.3 Å². The Balaban J connectivity index is 2.07. The molecule has 43 heavy (non-hydrogen) atoms. The van der Waals surface area contributed by atoms with Crippen LogP contribution in [0.2, 0.25) is 0 Å². The molecule has 1 amide bonds. The molecule has 3 aromatic carbocycles. The number of nitrogens with one attached hydrogen (secondary N) is 5. The van der Waals surface area contributed by atoms with Gasteiger partial charge in [0.25, 0.3) is 20.0 Å². The molecule has 0 saturated carbocycles. The summed E-state index contributed by atoms with van der Waals surface area (Å²) in [5, 5.41) is 47.8. The Bertz CT molecular complexity index is 1920. The number of sulfonamides is 2. The second-order valence-electron chi connectivity index (χ2n) is 9.24. The van der Waals surface area contributed by atoms with Crippen molar-refractivity contribution in [3.63, 3.8) is 0 Å². The van der Waals surface area contributed by atoms with Crippen LogP contribution in [0.5, 0.6) is 0 Å². The molecule has 1 heterocycles. The van der Waals surface area contributed by atoms with Crippen molar-refractivity contribution >= 4 is 42.8 Å². The summed E-state index contributed by atoms with van der Waals surface area (Å²) in [5.41, 5.74) is 6.05. The number of aromatic nitrogens is 2. The molecule has 0 saturated heterocycles. The smallest absolute Gasteiger partial charge is 0.263 e. The van der Waals surface area contributed by atoms with Crippen LogP contribution in [0.25, 0.3) is 33.5 Å². The van der Waals surface area contributed by atoms with Crippen molar-refractivity contribution in [1.82, 2.24) is 25.1 Å². The number of carbonyl (C=O) groups excluding carboxylic acids is 1. The fourth-order valence-corrected chi connectivity index (χ4v) is 6.21. The van der Waals surface area contributed by atoms with E-state index >= 15 is 0 Å². The lowest BCUT2D eigenvalue weighted by Gasteiger charge is -2.19. The first-order chi connectivity index (χ1) is 20.3. The second-order valence-corrected chi connectivity index (χ2v) is 12.5. The Morgan fingerprint density at radius 1 is 0.930 bits per heavy atom. The van der Waals surface area contributed by atoms with E-state index in [4.69, 9.17) is 11.1 Å². The third-order valence-electron chi connectivity index (χ3n) is 6.34. The number of aromatic amines is 1. The van der Waals surface area contributed by atoms with Crippen LogP contribution in [0, 0.1) is 5.41 Å². The van der Waals surface area contributed by atoms with Gasteiger partial charge in [-0.1, -0.05) is 28.0 Å². The number of carbonyl (C=O) groups is 1. The molecule has 0 atom stereocenters. The minimum atomic E-state index is -4.81. The topological polar surface area (TPSA) is 281 Å². The van der Waals surface area contributed by atoms with Crippen molar-refractivity contribution in [3.8, 4) is 22.5 Å². The van der Waals surface area contributed by atoms with Gasteiger partial charge in [0, 0.05) is 22.3 Å². The Morgan fingerprint density at radius 2 is 1.58 bits per heavy atom. The van der Waals surface area contributed by atoms with E-state index in [1.807, 2.05) is 0 Å². The number of aliphatic hydroxyl groups excluding tert-OH is 2. The third-order valence-corrected chi connectivity index (χ3v) is 8.74. The molecule has 4 rings (SSSR count). The van der Waals surface area contributed by atoms with Crippen LogP contribution in [0.15, 0.2) is 64.4 Å². The maximum absolute atomic E-state index is 13.3. The zero-order valence-corrected chi connectivity index (χ0v) is 23.7. The number of H-pyrrole nitrogens is 1. The first-order valence-electron chi connectivity index (χ1n) is 12.3. The molecule has 16 nitrogen and oxygen atoms in total. The quantitative estimate of drug-likeness (QED) is 0.0540. The minimum Gasteiger partial charge on any atom is -0.394 e. The number of amidine groups is 1. The van der Waals surface area contributed by atoms with Gasteiger partial charge < -0.3 is 36.7 Å². The van der Waals surface area contributed by atoms with Gasteiger partial charge in [-0.2, -0.15) is 0 Å². The number of amides is 1. The summed E-state index contributed by atoms with van der Waals surface area (Å²) in [4.78, 5) is 21.5. The maximum atomic E-state index is 13.3. The number of nitrogens with two attached hydrogens (primary N) is 1. The van der Waals surface area contributed by atoms with Crippen LogP contribution in [-0.4, -0.2) is 78.4 Å². The minimum absolute atomic E-state index is 0.0720. The fraction of sp³-hybridized carbons (Fsp3) is 0.160. The van der Waals surface area contributed by atoms with Gasteiger partial charge >= 0.3 is 0 Å². The zero-order valence-electron chi connectivity index (χ0n) is 22.1. The molecule has 0 aliphatic rings. The molecular formula is C25H27N7O9S2. The molecule has 4 aromatic rings. The number of hydrogen-bond acceptors (Lipinski definition) is 11. The molecule has 228 valence electrons. The van der Waals surface area contributed by atoms with Crippen molar-refractivity contribution in [2.75, 3.05) is 13.2 Å². The van der Waals surface area contributed by atoms with Gasteiger partial charge in [-0.3, -0.25) is 10.2 Å². The highest BCUT2D eigenvalue weighted by atomic mass is 32.2. The van der Waals surface area contributed by atoms with Crippen LogP contribution in [0.3, 0.4) is 0 Å². The summed E-state index contributed by atoms with van der Waals surface area (Å²) in [6.45, 7) is -1.11. The van der Waals surface area contributed by atoms with Crippen LogP contribution in [0.4, 0.5) is 0 Å². The largest absolute Gasteiger partial charge is 0.394 e. The molecule has 0 bridgehead atoms. The van der Waals surface area contributed by atoms with Gasteiger partial charge in [-0.25, -0.2) is 21.8 Å².